The number of aromatic nitrogens is 2. The van der Waals surface area contributed by atoms with Crippen molar-refractivity contribution >= 4 is 0 Å². The summed E-state index contributed by atoms with van der Waals surface area (Å²) in [6.45, 7) is 5.17. The normalized spacial score (nSPS) is 12.5. The molecule has 0 saturated carbocycles. The molecule has 0 aliphatic heterocycles. The molecule has 4 nitrogen and oxygen atoms in total. The van der Waals surface area contributed by atoms with Crippen LogP contribution in [-0.4, -0.2) is 10.2 Å². The van der Waals surface area contributed by atoms with Gasteiger partial charge in [0, 0.05) is 13.0 Å². The lowest BCUT2D eigenvalue weighted by Crippen LogP contribution is -2.04. The molecule has 5 heteroatoms. The van der Waals surface area contributed by atoms with E-state index >= 15 is 0 Å². The standard InChI is InChI=1S/C12H13FN2O2/c1-7-4-5-10(6-11(7)13)16-8(2)12-15-14-9(3)17-12/h4-6,8H,1-3H3. The van der Waals surface area contributed by atoms with Gasteiger partial charge in [-0.05, 0) is 25.5 Å². The minimum absolute atomic E-state index is 0.295. The third-order valence-corrected chi connectivity index (χ3v) is 2.35. The average Bonchev–Trinajstić information content (AvgIpc) is 2.70. The number of hydrogen-bond acceptors (Lipinski definition) is 4. The van der Waals surface area contributed by atoms with Crippen LogP contribution in [0.1, 0.15) is 30.4 Å². The van der Waals surface area contributed by atoms with Crippen LogP contribution in [0.3, 0.4) is 0 Å². The molecule has 1 atom stereocenters. The fourth-order valence-electron chi connectivity index (χ4n) is 1.38. The Kier molecular flexibility index (Phi) is 3.08. The van der Waals surface area contributed by atoms with Crippen LogP contribution in [0.4, 0.5) is 4.39 Å². The van der Waals surface area contributed by atoms with Crippen LogP contribution in [0.2, 0.25) is 0 Å². The predicted molar refractivity (Wildman–Crippen MR) is 59.2 cm³/mol. The predicted octanol–water partition coefficient (Wildman–Crippen LogP) is 2.97. The highest BCUT2D eigenvalue weighted by atomic mass is 19.1. The second-order valence-electron chi connectivity index (χ2n) is 3.83. The van der Waals surface area contributed by atoms with E-state index in [2.05, 4.69) is 10.2 Å². The minimum atomic E-state index is -0.404. The van der Waals surface area contributed by atoms with Crippen molar-refractivity contribution in [2.75, 3.05) is 0 Å². The summed E-state index contributed by atoms with van der Waals surface area (Å²) < 4.78 is 24.0. The molecule has 0 fully saturated rings. The Morgan fingerprint density at radius 1 is 1.29 bits per heavy atom. The number of hydrogen-bond donors (Lipinski definition) is 0. The number of ether oxygens (including phenoxy) is 1. The lowest BCUT2D eigenvalue weighted by molar-refractivity contribution is 0.186. The third-order valence-electron chi connectivity index (χ3n) is 2.35. The first-order valence-electron chi connectivity index (χ1n) is 5.29. The van der Waals surface area contributed by atoms with Crippen molar-refractivity contribution in [3.05, 3.63) is 41.4 Å². The van der Waals surface area contributed by atoms with Crippen LogP contribution in [-0.2, 0) is 0 Å². The maximum atomic E-state index is 13.3. The molecule has 90 valence electrons. The first-order valence-corrected chi connectivity index (χ1v) is 5.29. The zero-order valence-corrected chi connectivity index (χ0v) is 9.90. The maximum absolute atomic E-state index is 13.3. The Morgan fingerprint density at radius 3 is 2.65 bits per heavy atom. The van der Waals surface area contributed by atoms with E-state index in [0.717, 1.165) is 0 Å². The minimum Gasteiger partial charge on any atom is -0.481 e. The van der Waals surface area contributed by atoms with Gasteiger partial charge in [-0.25, -0.2) is 4.39 Å². The van der Waals surface area contributed by atoms with Crippen molar-refractivity contribution in [1.29, 1.82) is 0 Å². The van der Waals surface area contributed by atoms with E-state index in [1.165, 1.54) is 6.07 Å². The molecule has 0 saturated heterocycles. The molecule has 0 radical (unpaired) electrons. The van der Waals surface area contributed by atoms with E-state index in [1.807, 2.05) is 0 Å². The van der Waals surface area contributed by atoms with Crippen molar-refractivity contribution in [1.82, 2.24) is 10.2 Å². The highest BCUT2D eigenvalue weighted by molar-refractivity contribution is 5.28. The quantitative estimate of drug-likeness (QED) is 0.822. The van der Waals surface area contributed by atoms with Gasteiger partial charge in [0.15, 0.2) is 6.10 Å². The van der Waals surface area contributed by atoms with Crippen LogP contribution in [0.5, 0.6) is 5.75 Å². The monoisotopic (exact) mass is 236 g/mol. The summed E-state index contributed by atoms with van der Waals surface area (Å²) in [4.78, 5) is 0. The Morgan fingerprint density at radius 2 is 2.06 bits per heavy atom. The summed E-state index contributed by atoms with van der Waals surface area (Å²) in [6, 6.07) is 4.71. The summed E-state index contributed by atoms with van der Waals surface area (Å²) >= 11 is 0. The van der Waals surface area contributed by atoms with Crippen molar-refractivity contribution < 1.29 is 13.5 Å². The number of aryl methyl sites for hydroxylation is 2. The fraction of sp³-hybridized carbons (Fsp3) is 0.333. The molecule has 0 amide bonds. The third kappa shape index (κ3) is 2.61. The molecule has 17 heavy (non-hydrogen) atoms. The van der Waals surface area contributed by atoms with Crippen LogP contribution >= 0.6 is 0 Å². The molecule has 0 N–H and O–H groups in total. The highest BCUT2D eigenvalue weighted by Crippen LogP contribution is 2.22. The van der Waals surface area contributed by atoms with Gasteiger partial charge in [0.1, 0.15) is 11.6 Å². The van der Waals surface area contributed by atoms with Gasteiger partial charge in [0.25, 0.3) is 5.89 Å². The molecule has 2 rings (SSSR count). The Hall–Kier alpha value is -1.91. The van der Waals surface area contributed by atoms with E-state index in [-0.39, 0.29) is 5.82 Å². The van der Waals surface area contributed by atoms with Crippen molar-refractivity contribution in [3.63, 3.8) is 0 Å². The molecule has 0 aliphatic carbocycles. The maximum Gasteiger partial charge on any atom is 0.256 e. The number of benzene rings is 1. The molecular weight excluding hydrogens is 223 g/mol. The van der Waals surface area contributed by atoms with Gasteiger partial charge in [0.05, 0.1) is 0 Å². The zero-order chi connectivity index (χ0) is 12.4. The molecular formula is C12H13FN2O2. The second-order valence-corrected chi connectivity index (χ2v) is 3.83. The summed E-state index contributed by atoms with van der Waals surface area (Å²) in [5, 5.41) is 7.56. The van der Waals surface area contributed by atoms with Crippen LogP contribution in [0, 0.1) is 19.7 Å². The lowest BCUT2D eigenvalue weighted by Gasteiger charge is -2.11. The molecule has 1 unspecified atom stereocenters. The molecule has 0 spiro atoms. The Labute approximate surface area is 98.4 Å². The largest absolute Gasteiger partial charge is 0.481 e. The molecule has 0 bridgehead atoms. The van der Waals surface area contributed by atoms with Gasteiger partial charge in [0.2, 0.25) is 5.89 Å². The van der Waals surface area contributed by atoms with Gasteiger partial charge in [-0.3, -0.25) is 0 Å². The van der Waals surface area contributed by atoms with E-state index < -0.39 is 6.10 Å². The van der Waals surface area contributed by atoms with Gasteiger partial charge in [-0.15, -0.1) is 10.2 Å². The first-order chi connectivity index (χ1) is 8.06. The molecule has 2 aromatic rings. The summed E-state index contributed by atoms with van der Waals surface area (Å²) in [7, 11) is 0. The number of halogens is 1. The van der Waals surface area contributed by atoms with E-state index in [9.17, 15) is 4.39 Å². The summed E-state index contributed by atoms with van der Waals surface area (Å²) in [5.41, 5.74) is 0.582. The van der Waals surface area contributed by atoms with Gasteiger partial charge >= 0.3 is 0 Å². The van der Waals surface area contributed by atoms with Crippen LogP contribution in [0.25, 0.3) is 0 Å². The van der Waals surface area contributed by atoms with Crippen molar-refractivity contribution in [2.24, 2.45) is 0 Å². The molecule has 1 aromatic carbocycles. The zero-order valence-electron chi connectivity index (χ0n) is 9.90. The highest BCUT2D eigenvalue weighted by Gasteiger charge is 2.14. The average molecular weight is 236 g/mol. The van der Waals surface area contributed by atoms with Crippen molar-refractivity contribution in [2.45, 2.75) is 26.9 Å². The van der Waals surface area contributed by atoms with Gasteiger partial charge < -0.3 is 9.15 Å². The van der Waals surface area contributed by atoms with E-state index in [4.69, 9.17) is 9.15 Å². The van der Waals surface area contributed by atoms with Crippen LogP contribution < -0.4 is 4.74 Å². The molecule has 1 heterocycles. The molecule has 1 aromatic heterocycles. The van der Waals surface area contributed by atoms with Crippen LogP contribution in [0.15, 0.2) is 22.6 Å². The first kappa shape index (κ1) is 11.6. The summed E-state index contributed by atoms with van der Waals surface area (Å²) in [5.74, 6) is 1.00. The fourth-order valence-corrected chi connectivity index (χ4v) is 1.38. The number of nitrogens with zero attached hydrogens (tertiary/aromatic N) is 2. The Balaban J connectivity index is 2.12. The van der Waals surface area contributed by atoms with E-state index in [0.29, 0.717) is 23.1 Å². The number of rotatable bonds is 3. The Bertz CT molecular complexity index is 525. The topological polar surface area (TPSA) is 48.2 Å². The van der Waals surface area contributed by atoms with Gasteiger partial charge in [-0.1, -0.05) is 6.07 Å². The van der Waals surface area contributed by atoms with Crippen molar-refractivity contribution in [3.8, 4) is 5.75 Å². The lowest BCUT2D eigenvalue weighted by atomic mass is 10.2. The SMILES string of the molecule is Cc1nnc(C(C)Oc2ccc(C)c(F)c2)o1. The summed E-state index contributed by atoms with van der Waals surface area (Å²) in [6.07, 6.45) is -0.404. The molecule has 0 aliphatic rings. The van der Waals surface area contributed by atoms with Gasteiger partial charge in [-0.2, -0.15) is 0 Å². The van der Waals surface area contributed by atoms with E-state index in [1.54, 1.807) is 32.9 Å². The smallest absolute Gasteiger partial charge is 0.256 e. The second kappa shape index (κ2) is 4.53.